The molecule has 0 fully saturated rings. The van der Waals surface area contributed by atoms with Crippen molar-refractivity contribution in [3.05, 3.63) is 70.7 Å². The Hall–Kier alpha value is -2.15. The van der Waals surface area contributed by atoms with Crippen molar-refractivity contribution in [1.82, 2.24) is 19.6 Å². The first-order chi connectivity index (χ1) is 12.3. The van der Waals surface area contributed by atoms with Crippen molar-refractivity contribution in [2.24, 2.45) is 0 Å². The van der Waals surface area contributed by atoms with Gasteiger partial charge in [0.05, 0.1) is 11.4 Å². The average molecular weight is 385 g/mol. The van der Waals surface area contributed by atoms with E-state index in [1.807, 2.05) is 36.4 Å². The summed E-state index contributed by atoms with van der Waals surface area (Å²) in [6.07, 6.45) is 0. The molecule has 0 aliphatic carbocycles. The molecule has 0 radical (unpaired) electrons. The van der Waals surface area contributed by atoms with Crippen molar-refractivity contribution in [2.45, 2.75) is 10.9 Å². The molecule has 0 aliphatic heterocycles. The van der Waals surface area contributed by atoms with Crippen LogP contribution in [-0.4, -0.2) is 19.6 Å². The van der Waals surface area contributed by atoms with Gasteiger partial charge < -0.3 is 4.98 Å². The first-order valence-corrected chi connectivity index (χ1v) is 9.75. The summed E-state index contributed by atoms with van der Waals surface area (Å²) in [7, 11) is 0. The van der Waals surface area contributed by atoms with Crippen LogP contribution in [0.25, 0.3) is 22.5 Å². The lowest BCUT2D eigenvalue weighted by molar-refractivity contribution is 1.04. The van der Waals surface area contributed by atoms with Crippen LogP contribution in [-0.2, 0) is 5.75 Å². The van der Waals surface area contributed by atoms with Crippen LogP contribution in [0.5, 0.6) is 0 Å². The monoisotopic (exact) mass is 384 g/mol. The highest BCUT2D eigenvalue weighted by atomic mass is 35.5. The molecule has 0 bridgehead atoms. The molecule has 4 nitrogen and oxygen atoms in total. The minimum absolute atomic E-state index is 0.630. The first-order valence-electron chi connectivity index (χ1n) is 7.61. The fraction of sp³-hybridized carbons (Fsp3) is 0.0556. The highest BCUT2D eigenvalue weighted by Gasteiger charge is 2.15. The van der Waals surface area contributed by atoms with Gasteiger partial charge in [0.1, 0.15) is 10.0 Å². The molecule has 4 aromatic rings. The van der Waals surface area contributed by atoms with Gasteiger partial charge in [0.2, 0.25) is 0 Å². The van der Waals surface area contributed by atoms with Gasteiger partial charge in [0.25, 0.3) is 0 Å². The number of hydrogen-bond donors (Lipinski definition) is 1. The minimum Gasteiger partial charge on any atom is -0.332 e. The molecule has 4 rings (SSSR count). The van der Waals surface area contributed by atoms with Crippen LogP contribution in [0.2, 0.25) is 4.34 Å². The van der Waals surface area contributed by atoms with Crippen molar-refractivity contribution in [1.29, 1.82) is 0 Å². The van der Waals surface area contributed by atoms with E-state index in [2.05, 4.69) is 38.8 Å². The molecule has 0 amide bonds. The largest absolute Gasteiger partial charge is 0.332 e. The summed E-state index contributed by atoms with van der Waals surface area (Å²) in [5.41, 5.74) is 4.93. The number of nitrogens with zero attached hydrogens (tertiary/aromatic N) is 3. The molecule has 2 aromatic carbocycles. The fourth-order valence-electron chi connectivity index (χ4n) is 2.46. The zero-order valence-electron chi connectivity index (χ0n) is 13.0. The molecule has 7 heteroatoms. The standard InChI is InChI=1S/C18H13ClN4S2/c19-17-14(22-23-25-17)11-24-18-20-15(12-7-3-1-4-8-12)16(21-18)13-9-5-2-6-10-13/h1-10H,11H2,(H,20,21). The Morgan fingerprint density at radius 1 is 0.960 bits per heavy atom. The highest BCUT2D eigenvalue weighted by molar-refractivity contribution is 7.98. The van der Waals surface area contributed by atoms with Crippen molar-refractivity contribution in [2.75, 3.05) is 0 Å². The third-order valence-corrected chi connectivity index (χ3v) is 5.52. The van der Waals surface area contributed by atoms with E-state index in [1.54, 1.807) is 11.8 Å². The van der Waals surface area contributed by atoms with Gasteiger partial charge in [0, 0.05) is 28.4 Å². The number of aromatic nitrogens is 4. The van der Waals surface area contributed by atoms with E-state index in [9.17, 15) is 0 Å². The maximum atomic E-state index is 6.08. The van der Waals surface area contributed by atoms with E-state index in [0.29, 0.717) is 10.1 Å². The van der Waals surface area contributed by atoms with Crippen molar-refractivity contribution >= 4 is 34.9 Å². The lowest BCUT2D eigenvalue weighted by Crippen LogP contribution is -1.83. The number of benzene rings is 2. The lowest BCUT2D eigenvalue weighted by atomic mass is 10.1. The van der Waals surface area contributed by atoms with E-state index in [0.717, 1.165) is 33.4 Å². The third-order valence-electron chi connectivity index (χ3n) is 3.65. The van der Waals surface area contributed by atoms with Gasteiger partial charge in [-0.3, -0.25) is 0 Å². The van der Waals surface area contributed by atoms with Gasteiger partial charge >= 0.3 is 0 Å². The van der Waals surface area contributed by atoms with Gasteiger partial charge in [-0.1, -0.05) is 88.5 Å². The van der Waals surface area contributed by atoms with E-state index >= 15 is 0 Å². The Labute approximate surface area is 158 Å². The van der Waals surface area contributed by atoms with E-state index < -0.39 is 0 Å². The number of thioether (sulfide) groups is 1. The minimum atomic E-state index is 0.630. The van der Waals surface area contributed by atoms with Crippen LogP contribution in [0.3, 0.4) is 0 Å². The number of rotatable bonds is 5. The normalized spacial score (nSPS) is 10.9. The smallest absolute Gasteiger partial charge is 0.166 e. The molecule has 2 aromatic heterocycles. The molecule has 0 atom stereocenters. The molecule has 0 saturated carbocycles. The van der Waals surface area contributed by atoms with Crippen molar-refractivity contribution in [3.63, 3.8) is 0 Å². The van der Waals surface area contributed by atoms with Crippen LogP contribution in [0.4, 0.5) is 0 Å². The summed E-state index contributed by atoms with van der Waals surface area (Å²) < 4.78 is 4.50. The van der Waals surface area contributed by atoms with E-state index in [-0.39, 0.29) is 0 Å². The highest BCUT2D eigenvalue weighted by Crippen LogP contribution is 2.34. The zero-order valence-corrected chi connectivity index (χ0v) is 15.4. The second kappa shape index (κ2) is 7.39. The summed E-state index contributed by atoms with van der Waals surface area (Å²) >= 11 is 8.86. The van der Waals surface area contributed by atoms with Gasteiger partial charge in [-0.05, 0) is 0 Å². The SMILES string of the molecule is Clc1snnc1CSc1nc(-c2ccccc2)c(-c2ccccc2)[nH]1. The Kier molecular flexibility index (Phi) is 4.83. The third kappa shape index (κ3) is 3.61. The molecule has 1 N–H and O–H groups in total. The molecular weight excluding hydrogens is 372 g/mol. The molecule has 0 saturated heterocycles. The summed E-state index contributed by atoms with van der Waals surface area (Å²) in [4.78, 5) is 8.25. The second-order valence-corrected chi connectivity index (χ2v) is 7.60. The van der Waals surface area contributed by atoms with Crippen LogP contribution >= 0.6 is 34.9 Å². The zero-order chi connectivity index (χ0) is 17.1. The number of halogens is 1. The average Bonchev–Trinajstić information content (AvgIpc) is 3.28. The van der Waals surface area contributed by atoms with Gasteiger partial charge in [-0.2, -0.15) is 0 Å². The number of H-pyrrole nitrogens is 1. The predicted octanol–water partition coefficient (Wildman–Crippen LogP) is 5.54. The summed E-state index contributed by atoms with van der Waals surface area (Å²) in [6.45, 7) is 0. The van der Waals surface area contributed by atoms with Crippen LogP contribution in [0.15, 0.2) is 65.8 Å². The fourth-order valence-corrected chi connectivity index (χ4v) is 4.06. The number of imidazole rings is 1. The van der Waals surface area contributed by atoms with Crippen molar-refractivity contribution < 1.29 is 0 Å². The van der Waals surface area contributed by atoms with Crippen LogP contribution in [0, 0.1) is 0 Å². The van der Waals surface area contributed by atoms with Gasteiger partial charge in [0.15, 0.2) is 5.16 Å². The number of hydrogen-bond acceptors (Lipinski definition) is 5. The maximum Gasteiger partial charge on any atom is 0.166 e. The van der Waals surface area contributed by atoms with E-state index in [4.69, 9.17) is 16.6 Å². The van der Waals surface area contributed by atoms with Crippen molar-refractivity contribution in [3.8, 4) is 22.5 Å². The van der Waals surface area contributed by atoms with Crippen LogP contribution < -0.4 is 0 Å². The van der Waals surface area contributed by atoms with Gasteiger partial charge in [-0.15, -0.1) is 5.10 Å². The molecule has 124 valence electrons. The molecule has 0 aliphatic rings. The quantitative estimate of drug-likeness (QED) is 0.459. The Morgan fingerprint density at radius 2 is 1.64 bits per heavy atom. The summed E-state index contributed by atoms with van der Waals surface area (Å²) in [5, 5.41) is 4.89. The van der Waals surface area contributed by atoms with E-state index in [1.165, 1.54) is 11.5 Å². The number of nitrogens with one attached hydrogen (secondary N) is 1. The molecule has 2 heterocycles. The Morgan fingerprint density at radius 3 is 2.28 bits per heavy atom. The molecule has 0 unspecified atom stereocenters. The predicted molar refractivity (Wildman–Crippen MR) is 104 cm³/mol. The maximum absolute atomic E-state index is 6.08. The first kappa shape index (κ1) is 16.3. The Bertz CT molecular complexity index is 910. The topological polar surface area (TPSA) is 54.5 Å². The van der Waals surface area contributed by atoms with Gasteiger partial charge in [-0.25, -0.2) is 4.98 Å². The lowest BCUT2D eigenvalue weighted by Gasteiger charge is -2.02. The molecule has 25 heavy (non-hydrogen) atoms. The molecule has 0 spiro atoms. The number of aromatic amines is 1. The summed E-state index contributed by atoms with van der Waals surface area (Å²) in [6, 6.07) is 20.4. The Balaban J connectivity index is 1.70. The molecular formula is C18H13ClN4S2. The summed E-state index contributed by atoms with van der Waals surface area (Å²) in [5.74, 6) is 0.630. The van der Waals surface area contributed by atoms with Crippen LogP contribution in [0.1, 0.15) is 5.69 Å². The second-order valence-electron chi connectivity index (χ2n) is 5.28.